The first-order valence-electron chi connectivity index (χ1n) is 7.22. The van der Waals surface area contributed by atoms with Crippen molar-refractivity contribution in [3.05, 3.63) is 58.7 Å². The molecular formula is C16H10F4N2O4S. The highest BCUT2D eigenvalue weighted by atomic mass is 32.2. The molecule has 0 spiro atoms. The number of hydrogen-bond acceptors (Lipinski definition) is 4. The smallest absolute Gasteiger partial charge is 0.312 e. The Kier molecular flexibility index (Phi) is 4.38. The summed E-state index contributed by atoms with van der Waals surface area (Å²) in [5.41, 5.74) is -1.99. The lowest BCUT2D eigenvalue weighted by Crippen LogP contribution is -2.25. The Morgan fingerprint density at radius 2 is 1.89 bits per heavy atom. The van der Waals surface area contributed by atoms with Crippen LogP contribution in [0.3, 0.4) is 0 Å². The van der Waals surface area contributed by atoms with Gasteiger partial charge in [-0.2, -0.15) is 8.78 Å². The molecule has 2 atom stereocenters. The Balaban J connectivity index is 2.21. The molecule has 0 aliphatic heterocycles. The Hall–Kier alpha value is -2.68. The van der Waals surface area contributed by atoms with E-state index in [9.17, 15) is 31.1 Å². The van der Waals surface area contributed by atoms with Crippen LogP contribution in [0.25, 0.3) is 4.85 Å². The minimum absolute atomic E-state index is 0.162. The summed E-state index contributed by atoms with van der Waals surface area (Å²) in [7, 11) is -4.56. The van der Waals surface area contributed by atoms with Gasteiger partial charge in [0.25, 0.3) is 0 Å². The number of hydrogen-bond donors (Lipinski definition) is 2. The highest BCUT2D eigenvalue weighted by Gasteiger charge is 2.59. The third-order valence-electron chi connectivity index (χ3n) is 3.96. The number of ether oxygens (including phenoxy) is 1. The average Bonchev–Trinajstić information content (AvgIpc) is 2.75. The van der Waals surface area contributed by atoms with Gasteiger partial charge >= 0.3 is 5.92 Å². The van der Waals surface area contributed by atoms with Crippen LogP contribution >= 0.6 is 0 Å². The van der Waals surface area contributed by atoms with Gasteiger partial charge < -0.3 is 9.84 Å². The monoisotopic (exact) mass is 402 g/mol. The predicted molar refractivity (Wildman–Crippen MR) is 84.3 cm³/mol. The molecule has 0 unspecified atom stereocenters. The SMILES string of the molecule is [C-]#[N+]c1cc(F)cc(Oc2ccc(S(N)(=O)=O)c3c2[C@H](F)C(F)(F)[C@H]3O)c1. The fourth-order valence-electron chi connectivity index (χ4n) is 2.80. The van der Waals surface area contributed by atoms with Gasteiger partial charge in [-0.3, -0.25) is 0 Å². The van der Waals surface area contributed by atoms with Gasteiger partial charge in [0.1, 0.15) is 23.4 Å². The summed E-state index contributed by atoms with van der Waals surface area (Å²) in [4.78, 5) is 2.13. The van der Waals surface area contributed by atoms with Crippen LogP contribution in [0.2, 0.25) is 0 Å². The quantitative estimate of drug-likeness (QED) is 0.607. The molecule has 6 nitrogen and oxygen atoms in total. The van der Waals surface area contributed by atoms with Crippen molar-refractivity contribution in [3.8, 4) is 11.5 Å². The Labute approximate surface area is 150 Å². The summed E-state index contributed by atoms with van der Waals surface area (Å²) in [6.45, 7) is 6.88. The summed E-state index contributed by atoms with van der Waals surface area (Å²) in [5, 5.41) is 14.7. The van der Waals surface area contributed by atoms with Crippen LogP contribution in [0.5, 0.6) is 11.5 Å². The Morgan fingerprint density at radius 1 is 1.22 bits per heavy atom. The van der Waals surface area contributed by atoms with E-state index in [2.05, 4.69) is 4.85 Å². The molecule has 3 N–H and O–H groups in total. The summed E-state index contributed by atoms with van der Waals surface area (Å²) in [6.07, 6.45) is -5.86. The maximum Gasteiger partial charge on any atom is 0.312 e. The van der Waals surface area contributed by atoms with Crippen molar-refractivity contribution in [1.82, 2.24) is 0 Å². The Bertz CT molecular complexity index is 1080. The molecule has 0 bridgehead atoms. The second-order valence-corrected chi connectivity index (χ2v) is 7.26. The lowest BCUT2D eigenvalue weighted by molar-refractivity contribution is -0.143. The molecule has 0 radical (unpaired) electrons. The number of aliphatic hydroxyl groups excluding tert-OH is 1. The number of nitrogens with two attached hydrogens (primary N) is 1. The van der Waals surface area contributed by atoms with Gasteiger partial charge in [0.15, 0.2) is 11.9 Å². The number of rotatable bonds is 3. The largest absolute Gasteiger partial charge is 0.458 e. The molecule has 0 aromatic heterocycles. The normalized spacial score (nSPS) is 20.8. The minimum atomic E-state index is -4.56. The van der Waals surface area contributed by atoms with E-state index in [1.165, 1.54) is 0 Å². The van der Waals surface area contributed by atoms with E-state index in [1.807, 2.05) is 0 Å². The van der Waals surface area contributed by atoms with Crippen LogP contribution in [0.15, 0.2) is 35.2 Å². The highest BCUT2D eigenvalue weighted by molar-refractivity contribution is 7.89. The van der Waals surface area contributed by atoms with E-state index in [1.54, 1.807) is 0 Å². The Morgan fingerprint density at radius 3 is 2.48 bits per heavy atom. The molecule has 2 aromatic rings. The first-order valence-corrected chi connectivity index (χ1v) is 8.77. The maximum absolute atomic E-state index is 14.4. The standard InChI is InChI=1S/C16H10F4N2O4S/c1-22-8-4-7(17)5-9(6-8)26-10-2-3-11(27(21,24)25)13-12(10)14(18)16(19,20)15(13)23/h2-6,14-15,23H,(H2,21,24,25)/t14-,15-/m0/s1. The molecule has 11 heteroatoms. The van der Waals surface area contributed by atoms with Crippen LogP contribution in [0, 0.1) is 12.4 Å². The van der Waals surface area contributed by atoms with Crippen molar-refractivity contribution in [2.75, 3.05) is 0 Å². The number of halogens is 4. The molecule has 0 saturated carbocycles. The number of alkyl halides is 3. The molecule has 0 heterocycles. The van der Waals surface area contributed by atoms with E-state index in [0.29, 0.717) is 0 Å². The summed E-state index contributed by atoms with van der Waals surface area (Å²) in [5.74, 6) is -6.06. The van der Waals surface area contributed by atoms with Gasteiger partial charge in [0.2, 0.25) is 10.0 Å². The first kappa shape index (κ1) is 19.1. The summed E-state index contributed by atoms with van der Waals surface area (Å²) >= 11 is 0. The number of fused-ring (bicyclic) bond motifs is 1. The predicted octanol–water partition coefficient (Wildman–Crippen LogP) is 3.51. The molecule has 3 rings (SSSR count). The minimum Gasteiger partial charge on any atom is -0.458 e. The third kappa shape index (κ3) is 3.12. The molecule has 0 fully saturated rings. The van der Waals surface area contributed by atoms with Gasteiger partial charge in [-0.15, -0.1) is 0 Å². The zero-order chi connectivity index (χ0) is 20.1. The molecule has 0 saturated heterocycles. The highest BCUT2D eigenvalue weighted by Crippen LogP contribution is 2.57. The van der Waals surface area contributed by atoms with Crippen LogP contribution < -0.4 is 9.88 Å². The fraction of sp³-hybridized carbons (Fsp3) is 0.188. The zero-order valence-electron chi connectivity index (χ0n) is 13.2. The first-order chi connectivity index (χ1) is 12.5. The van der Waals surface area contributed by atoms with E-state index >= 15 is 0 Å². The molecule has 2 aromatic carbocycles. The third-order valence-corrected chi connectivity index (χ3v) is 4.93. The van der Waals surface area contributed by atoms with Crippen LogP contribution in [-0.2, 0) is 10.0 Å². The van der Waals surface area contributed by atoms with Gasteiger partial charge in [0.05, 0.1) is 11.5 Å². The van der Waals surface area contributed by atoms with Crippen molar-refractivity contribution in [2.24, 2.45) is 5.14 Å². The van der Waals surface area contributed by atoms with Crippen molar-refractivity contribution < 1.29 is 35.8 Å². The molecule has 1 aliphatic carbocycles. The van der Waals surface area contributed by atoms with E-state index < -0.39 is 55.8 Å². The van der Waals surface area contributed by atoms with E-state index in [4.69, 9.17) is 16.4 Å². The lowest BCUT2D eigenvalue weighted by Gasteiger charge is -2.16. The van der Waals surface area contributed by atoms with Crippen molar-refractivity contribution in [1.29, 1.82) is 0 Å². The number of benzene rings is 2. The van der Waals surface area contributed by atoms with Crippen LogP contribution in [0.4, 0.5) is 23.2 Å². The van der Waals surface area contributed by atoms with Crippen LogP contribution in [-0.4, -0.2) is 19.4 Å². The number of nitrogens with zero attached hydrogens (tertiary/aromatic N) is 1. The van der Waals surface area contributed by atoms with Crippen molar-refractivity contribution in [3.63, 3.8) is 0 Å². The zero-order valence-corrected chi connectivity index (χ0v) is 14.0. The number of sulfonamides is 1. The van der Waals surface area contributed by atoms with Gasteiger partial charge in [-0.05, 0) is 24.3 Å². The molecular weight excluding hydrogens is 392 g/mol. The van der Waals surface area contributed by atoms with Crippen LogP contribution in [0.1, 0.15) is 23.4 Å². The van der Waals surface area contributed by atoms with E-state index in [0.717, 1.165) is 30.3 Å². The topological polar surface area (TPSA) is 94.0 Å². The second kappa shape index (κ2) is 6.19. The maximum atomic E-state index is 14.4. The lowest BCUT2D eigenvalue weighted by atomic mass is 10.1. The van der Waals surface area contributed by atoms with Crippen molar-refractivity contribution >= 4 is 15.7 Å². The molecule has 0 amide bonds. The molecule has 1 aliphatic rings. The van der Waals surface area contributed by atoms with Gasteiger partial charge in [-0.25, -0.2) is 27.2 Å². The summed E-state index contributed by atoms with van der Waals surface area (Å²) < 4.78 is 84.3. The van der Waals surface area contributed by atoms with Gasteiger partial charge in [-0.1, -0.05) is 0 Å². The fourth-order valence-corrected chi connectivity index (χ4v) is 3.58. The summed E-state index contributed by atoms with van der Waals surface area (Å²) in [6, 6.07) is 4.43. The van der Waals surface area contributed by atoms with Crippen molar-refractivity contribution in [2.45, 2.75) is 23.1 Å². The van der Waals surface area contributed by atoms with Gasteiger partial charge in [0, 0.05) is 17.2 Å². The molecule has 142 valence electrons. The number of primary sulfonamides is 1. The van der Waals surface area contributed by atoms with E-state index in [-0.39, 0.29) is 11.4 Å². The average molecular weight is 402 g/mol. The second-order valence-electron chi connectivity index (χ2n) is 5.73. The number of aliphatic hydroxyl groups is 1. The molecule has 27 heavy (non-hydrogen) atoms.